The van der Waals surface area contributed by atoms with E-state index in [-0.39, 0.29) is 18.2 Å². The van der Waals surface area contributed by atoms with Gasteiger partial charge < -0.3 is 20.4 Å². The van der Waals surface area contributed by atoms with Gasteiger partial charge in [0.25, 0.3) is 0 Å². The van der Waals surface area contributed by atoms with Crippen LogP contribution in [0.2, 0.25) is 0 Å². The average molecular weight is 450 g/mol. The Hall–Kier alpha value is -3.47. The van der Waals surface area contributed by atoms with Gasteiger partial charge in [0.2, 0.25) is 5.91 Å². The van der Waals surface area contributed by atoms with E-state index in [1.54, 1.807) is 36.4 Å². The van der Waals surface area contributed by atoms with Crippen molar-refractivity contribution in [2.24, 2.45) is 0 Å². The third-order valence-corrected chi connectivity index (χ3v) is 4.79. The highest BCUT2D eigenvalue weighted by atomic mass is 32.2. The maximum Gasteiger partial charge on any atom is 0.417 e. The Labute approximate surface area is 179 Å². The number of benzene rings is 1. The van der Waals surface area contributed by atoms with Crippen LogP contribution in [0.1, 0.15) is 11.3 Å². The van der Waals surface area contributed by atoms with Gasteiger partial charge in [-0.2, -0.15) is 13.2 Å². The maximum absolute atomic E-state index is 12.5. The van der Waals surface area contributed by atoms with Crippen LogP contribution >= 0.6 is 11.8 Å². The van der Waals surface area contributed by atoms with E-state index in [2.05, 4.69) is 20.9 Å². The number of carbonyl (C=O) groups is 2. The number of alkyl halides is 3. The number of nitrogens with zero attached hydrogens (tertiary/aromatic N) is 1. The zero-order valence-corrected chi connectivity index (χ0v) is 16.7. The molecule has 0 aliphatic carbocycles. The first-order valence-electron chi connectivity index (χ1n) is 8.93. The first-order chi connectivity index (χ1) is 14.8. The van der Waals surface area contributed by atoms with Gasteiger partial charge in [-0.1, -0.05) is 11.8 Å². The third-order valence-electron chi connectivity index (χ3n) is 3.84. The molecule has 0 unspecified atom stereocenters. The molecule has 3 rings (SSSR count). The van der Waals surface area contributed by atoms with Crippen molar-refractivity contribution in [3.63, 3.8) is 0 Å². The summed E-state index contributed by atoms with van der Waals surface area (Å²) >= 11 is 1.02. The largest absolute Gasteiger partial charge is 0.467 e. The van der Waals surface area contributed by atoms with E-state index in [1.165, 1.54) is 12.3 Å². The summed E-state index contributed by atoms with van der Waals surface area (Å²) in [5, 5.41) is 8.26. The summed E-state index contributed by atoms with van der Waals surface area (Å²) in [6, 6.07) is 11.7. The summed E-state index contributed by atoms with van der Waals surface area (Å²) in [6.45, 7) is 0.248. The van der Waals surface area contributed by atoms with E-state index in [0.29, 0.717) is 22.2 Å². The molecule has 0 radical (unpaired) electrons. The van der Waals surface area contributed by atoms with E-state index < -0.39 is 17.8 Å². The lowest BCUT2D eigenvalue weighted by molar-refractivity contribution is -0.137. The van der Waals surface area contributed by atoms with Crippen molar-refractivity contribution in [3.8, 4) is 0 Å². The van der Waals surface area contributed by atoms with Gasteiger partial charge in [-0.3, -0.25) is 4.79 Å². The summed E-state index contributed by atoms with van der Waals surface area (Å²) in [6.07, 6.45) is -2.20. The van der Waals surface area contributed by atoms with Crippen molar-refractivity contribution in [1.82, 2.24) is 10.3 Å². The molecule has 2 aromatic heterocycles. The molecule has 162 valence electrons. The Balaban J connectivity index is 1.42. The fourth-order valence-electron chi connectivity index (χ4n) is 2.36. The van der Waals surface area contributed by atoms with Gasteiger partial charge in [0, 0.05) is 17.6 Å². The fraction of sp³-hybridized carbons (Fsp3) is 0.150. The first kappa shape index (κ1) is 22.2. The molecule has 3 N–H and O–H groups in total. The molecule has 11 heteroatoms. The standard InChI is InChI=1S/C20H17F3N4O3S/c21-20(22,23)13-3-8-18(24-10-13)31-12-17(28)26-14-4-6-15(7-5-14)27-19(29)25-11-16-2-1-9-30-16/h1-10H,11-12H2,(H,26,28)(H2,25,27,29). The van der Waals surface area contributed by atoms with Crippen molar-refractivity contribution in [1.29, 1.82) is 0 Å². The Kier molecular flexibility index (Phi) is 7.19. The highest BCUT2D eigenvalue weighted by molar-refractivity contribution is 7.99. The molecule has 3 aromatic rings. The van der Waals surface area contributed by atoms with Crippen LogP contribution in [0, 0.1) is 0 Å². The average Bonchev–Trinajstić information content (AvgIpc) is 3.26. The lowest BCUT2D eigenvalue weighted by atomic mass is 10.3. The molecule has 1 aromatic carbocycles. The van der Waals surface area contributed by atoms with Gasteiger partial charge in [-0.25, -0.2) is 9.78 Å². The van der Waals surface area contributed by atoms with Crippen LogP contribution in [-0.4, -0.2) is 22.7 Å². The van der Waals surface area contributed by atoms with Crippen LogP contribution in [0.15, 0.2) is 70.4 Å². The Morgan fingerprint density at radius 1 is 1.00 bits per heavy atom. The van der Waals surface area contributed by atoms with Crippen LogP contribution in [0.5, 0.6) is 0 Å². The molecule has 0 saturated heterocycles. The number of rotatable bonds is 7. The smallest absolute Gasteiger partial charge is 0.417 e. The number of pyridine rings is 1. The lowest BCUT2D eigenvalue weighted by Gasteiger charge is -2.09. The predicted octanol–water partition coefficient (Wildman–Crippen LogP) is 4.75. The van der Waals surface area contributed by atoms with Crippen LogP contribution < -0.4 is 16.0 Å². The number of nitrogens with one attached hydrogen (secondary N) is 3. The second kappa shape index (κ2) is 10.0. The molecule has 0 aliphatic rings. The van der Waals surface area contributed by atoms with Gasteiger partial charge in [-0.05, 0) is 48.5 Å². The second-order valence-corrected chi connectivity index (χ2v) is 7.18. The van der Waals surface area contributed by atoms with Crippen LogP contribution in [0.3, 0.4) is 0 Å². The molecule has 31 heavy (non-hydrogen) atoms. The van der Waals surface area contributed by atoms with Crippen molar-refractivity contribution in [2.45, 2.75) is 17.7 Å². The lowest BCUT2D eigenvalue weighted by Crippen LogP contribution is -2.27. The van der Waals surface area contributed by atoms with E-state index in [4.69, 9.17) is 4.42 Å². The molecule has 2 heterocycles. The highest BCUT2D eigenvalue weighted by Gasteiger charge is 2.30. The molecule has 7 nitrogen and oxygen atoms in total. The van der Waals surface area contributed by atoms with Crippen molar-refractivity contribution < 1.29 is 27.2 Å². The van der Waals surface area contributed by atoms with Gasteiger partial charge in [0.05, 0.1) is 29.2 Å². The molecule has 0 atom stereocenters. The number of anilines is 2. The van der Waals surface area contributed by atoms with Gasteiger partial charge in [-0.15, -0.1) is 0 Å². The predicted molar refractivity (Wildman–Crippen MR) is 110 cm³/mol. The number of halogens is 3. The number of carbonyl (C=O) groups excluding carboxylic acids is 2. The summed E-state index contributed by atoms with van der Waals surface area (Å²) in [5.41, 5.74) is 0.190. The number of aromatic nitrogens is 1. The molecule has 3 amide bonds. The minimum atomic E-state index is -4.45. The zero-order valence-electron chi connectivity index (χ0n) is 15.9. The molecular formula is C20H17F3N4O3S. The topological polar surface area (TPSA) is 96.3 Å². The molecule has 0 aliphatic heterocycles. The van der Waals surface area contributed by atoms with Crippen LogP contribution in [-0.2, 0) is 17.5 Å². The molecule has 0 fully saturated rings. The maximum atomic E-state index is 12.5. The molecule has 0 saturated carbocycles. The highest BCUT2D eigenvalue weighted by Crippen LogP contribution is 2.29. The minimum absolute atomic E-state index is 0.0203. The quantitative estimate of drug-likeness (QED) is 0.452. The molecular weight excluding hydrogens is 433 g/mol. The van der Waals surface area contributed by atoms with Gasteiger partial charge in [0.1, 0.15) is 5.76 Å². The summed E-state index contributed by atoms with van der Waals surface area (Å²) < 4.78 is 42.7. The minimum Gasteiger partial charge on any atom is -0.467 e. The summed E-state index contributed by atoms with van der Waals surface area (Å²) in [7, 11) is 0. The summed E-state index contributed by atoms with van der Waals surface area (Å²) in [5.74, 6) is 0.259. The Bertz CT molecular complexity index is 1010. The monoisotopic (exact) mass is 450 g/mol. The van der Waals surface area contributed by atoms with Crippen molar-refractivity contribution >= 4 is 35.1 Å². The normalized spacial score (nSPS) is 11.1. The van der Waals surface area contributed by atoms with E-state index in [0.717, 1.165) is 24.0 Å². The fourth-order valence-corrected chi connectivity index (χ4v) is 3.01. The molecule has 0 bridgehead atoms. The number of hydrogen-bond acceptors (Lipinski definition) is 5. The van der Waals surface area contributed by atoms with E-state index >= 15 is 0 Å². The SMILES string of the molecule is O=C(CSc1ccc(C(F)(F)F)cn1)Nc1ccc(NC(=O)NCc2ccco2)cc1. The van der Waals surface area contributed by atoms with Crippen molar-refractivity contribution in [3.05, 3.63) is 72.3 Å². The van der Waals surface area contributed by atoms with E-state index in [1.807, 2.05) is 0 Å². The summed E-state index contributed by atoms with van der Waals surface area (Å²) in [4.78, 5) is 27.6. The van der Waals surface area contributed by atoms with Crippen LogP contribution in [0.25, 0.3) is 0 Å². The first-order valence-corrected chi connectivity index (χ1v) is 9.91. The van der Waals surface area contributed by atoms with Gasteiger partial charge >= 0.3 is 12.2 Å². The van der Waals surface area contributed by atoms with Crippen molar-refractivity contribution in [2.75, 3.05) is 16.4 Å². The second-order valence-electron chi connectivity index (χ2n) is 6.18. The zero-order chi connectivity index (χ0) is 22.3. The Morgan fingerprint density at radius 3 is 2.29 bits per heavy atom. The number of thioether (sulfide) groups is 1. The number of hydrogen-bond donors (Lipinski definition) is 3. The number of amides is 3. The van der Waals surface area contributed by atoms with Gasteiger partial charge in [0.15, 0.2) is 0 Å². The Morgan fingerprint density at radius 2 is 1.71 bits per heavy atom. The number of urea groups is 1. The van der Waals surface area contributed by atoms with E-state index in [9.17, 15) is 22.8 Å². The number of furan rings is 1. The third kappa shape index (κ3) is 7.07. The molecule has 0 spiro atoms. The van der Waals surface area contributed by atoms with Crippen LogP contribution in [0.4, 0.5) is 29.3 Å².